The summed E-state index contributed by atoms with van der Waals surface area (Å²) in [6, 6.07) is 23.6. The van der Waals surface area contributed by atoms with Crippen molar-refractivity contribution in [2.24, 2.45) is 10.7 Å². The van der Waals surface area contributed by atoms with Crippen molar-refractivity contribution < 1.29 is 18.3 Å². The number of aromatic nitrogens is 1. The zero-order valence-corrected chi connectivity index (χ0v) is 21.8. The molecule has 0 aliphatic rings. The summed E-state index contributed by atoms with van der Waals surface area (Å²) in [4.78, 5) is 20.1. The number of rotatable bonds is 9. The van der Waals surface area contributed by atoms with Crippen LogP contribution in [0.4, 0.5) is 11.4 Å². The summed E-state index contributed by atoms with van der Waals surface area (Å²) in [6.07, 6.45) is 0.393. The Balaban J connectivity index is 1.85. The lowest BCUT2D eigenvalue weighted by Crippen LogP contribution is -2.56. The number of fused-ring (bicyclic) bond motifs is 1. The number of nitrogens with two attached hydrogens (primary N) is 1. The molecule has 37 heavy (non-hydrogen) atoms. The zero-order chi connectivity index (χ0) is 26.8. The molecule has 3 aromatic carbocycles. The first kappa shape index (κ1) is 26.0. The molecule has 1 heterocycles. The number of amides is 1. The minimum Gasteiger partial charge on any atom is -0.494 e. The standard InChI is InChI=1S/C28H30N4O4S/c1-4-18-37(35,36)32(28(2,3)27(29)34)21-16-14-20(15-17-21)30-25(19-10-6-5-7-11-19)24-22-12-8-9-13-23(22)31-26(24)33/h5-17,31,33H,4,18H2,1-3H3,(H2,29,34). The van der Waals surface area contributed by atoms with E-state index in [0.29, 0.717) is 29.1 Å². The van der Waals surface area contributed by atoms with Gasteiger partial charge < -0.3 is 15.8 Å². The molecule has 9 heteroatoms. The maximum atomic E-state index is 13.1. The largest absolute Gasteiger partial charge is 0.494 e. The average molecular weight is 519 g/mol. The number of carbonyl (C=O) groups is 1. The first-order chi connectivity index (χ1) is 17.6. The number of para-hydroxylation sites is 1. The second-order valence-corrected chi connectivity index (χ2v) is 11.2. The molecule has 0 aliphatic heterocycles. The van der Waals surface area contributed by atoms with Gasteiger partial charge in [0.15, 0.2) is 5.88 Å². The summed E-state index contributed by atoms with van der Waals surface area (Å²) in [5.41, 5.74) is 7.66. The average Bonchev–Trinajstić information content (AvgIpc) is 3.19. The van der Waals surface area contributed by atoms with E-state index in [1.54, 1.807) is 31.2 Å². The fraction of sp³-hybridized carbons (Fsp3) is 0.214. The van der Waals surface area contributed by atoms with Crippen molar-refractivity contribution in [3.8, 4) is 5.88 Å². The number of aliphatic imine (C=N–C) groups is 1. The fourth-order valence-corrected chi connectivity index (χ4v) is 6.23. The lowest BCUT2D eigenvalue weighted by Gasteiger charge is -2.36. The summed E-state index contributed by atoms with van der Waals surface area (Å²) in [7, 11) is -3.81. The quantitative estimate of drug-likeness (QED) is 0.274. The second kappa shape index (κ2) is 10.1. The number of hydrogen-bond acceptors (Lipinski definition) is 5. The molecule has 0 aliphatic carbocycles. The maximum Gasteiger partial charge on any atom is 0.243 e. The Kier molecular flexibility index (Phi) is 7.09. The molecule has 0 unspecified atom stereocenters. The van der Waals surface area contributed by atoms with Gasteiger partial charge in [0.05, 0.1) is 28.4 Å². The molecule has 4 rings (SSSR count). The number of aromatic hydroxyl groups is 1. The van der Waals surface area contributed by atoms with Crippen molar-refractivity contribution in [1.82, 2.24) is 4.98 Å². The van der Waals surface area contributed by atoms with Gasteiger partial charge in [-0.3, -0.25) is 9.10 Å². The third-order valence-corrected chi connectivity index (χ3v) is 8.29. The molecule has 0 spiro atoms. The molecule has 1 aromatic heterocycles. The van der Waals surface area contributed by atoms with E-state index in [0.717, 1.165) is 20.8 Å². The number of anilines is 1. The van der Waals surface area contributed by atoms with Gasteiger partial charge in [-0.1, -0.05) is 55.5 Å². The van der Waals surface area contributed by atoms with Crippen LogP contribution in [0, 0.1) is 0 Å². The smallest absolute Gasteiger partial charge is 0.243 e. The van der Waals surface area contributed by atoms with Gasteiger partial charge in [-0.2, -0.15) is 0 Å². The SMILES string of the molecule is CCCS(=O)(=O)N(c1ccc(N=C(c2ccccc2)c2c(O)[nH]c3ccccc23)cc1)C(C)(C)C(N)=O. The highest BCUT2D eigenvalue weighted by molar-refractivity contribution is 7.92. The van der Waals surface area contributed by atoms with Crippen molar-refractivity contribution in [2.45, 2.75) is 32.7 Å². The van der Waals surface area contributed by atoms with Gasteiger partial charge in [-0.15, -0.1) is 0 Å². The predicted molar refractivity (Wildman–Crippen MR) is 148 cm³/mol. The number of nitrogens with zero attached hydrogens (tertiary/aromatic N) is 2. The number of aromatic amines is 1. The number of nitrogens with one attached hydrogen (secondary N) is 1. The third-order valence-electron chi connectivity index (χ3n) is 6.15. The summed E-state index contributed by atoms with van der Waals surface area (Å²) < 4.78 is 27.3. The van der Waals surface area contributed by atoms with Gasteiger partial charge in [0.1, 0.15) is 5.54 Å². The highest BCUT2D eigenvalue weighted by atomic mass is 32.2. The lowest BCUT2D eigenvalue weighted by atomic mass is 10.0. The number of sulfonamides is 1. The molecule has 0 bridgehead atoms. The number of H-pyrrole nitrogens is 1. The fourth-order valence-electron chi connectivity index (χ4n) is 4.30. The van der Waals surface area contributed by atoms with E-state index in [-0.39, 0.29) is 11.6 Å². The third kappa shape index (κ3) is 5.08. The van der Waals surface area contributed by atoms with Crippen molar-refractivity contribution in [2.75, 3.05) is 10.1 Å². The monoisotopic (exact) mass is 518 g/mol. The van der Waals surface area contributed by atoms with Gasteiger partial charge in [0.2, 0.25) is 15.9 Å². The van der Waals surface area contributed by atoms with Crippen molar-refractivity contribution in [1.29, 1.82) is 0 Å². The molecule has 192 valence electrons. The van der Waals surface area contributed by atoms with Gasteiger partial charge >= 0.3 is 0 Å². The molecular weight excluding hydrogens is 488 g/mol. The van der Waals surface area contributed by atoms with Crippen LogP contribution in [0.5, 0.6) is 5.88 Å². The maximum absolute atomic E-state index is 13.1. The second-order valence-electron chi connectivity index (χ2n) is 9.24. The number of carbonyl (C=O) groups excluding carboxylic acids is 1. The number of primary amides is 1. The molecule has 0 atom stereocenters. The van der Waals surface area contributed by atoms with Crippen LogP contribution in [0.1, 0.15) is 38.3 Å². The Labute approximate surface area is 216 Å². The first-order valence-corrected chi connectivity index (χ1v) is 13.5. The van der Waals surface area contributed by atoms with Crippen LogP contribution >= 0.6 is 0 Å². The van der Waals surface area contributed by atoms with E-state index in [4.69, 9.17) is 10.7 Å². The van der Waals surface area contributed by atoms with Crippen LogP contribution in [-0.2, 0) is 14.8 Å². The van der Waals surface area contributed by atoms with Crippen molar-refractivity contribution in [3.63, 3.8) is 0 Å². The van der Waals surface area contributed by atoms with Crippen LogP contribution in [0.25, 0.3) is 10.9 Å². The summed E-state index contributed by atoms with van der Waals surface area (Å²) >= 11 is 0. The van der Waals surface area contributed by atoms with E-state index in [1.807, 2.05) is 54.6 Å². The van der Waals surface area contributed by atoms with E-state index in [9.17, 15) is 18.3 Å². The highest BCUT2D eigenvalue weighted by Gasteiger charge is 2.40. The molecular formula is C28H30N4O4S. The minimum atomic E-state index is -3.81. The highest BCUT2D eigenvalue weighted by Crippen LogP contribution is 2.33. The molecule has 4 aromatic rings. The number of benzene rings is 3. The Hall–Kier alpha value is -4.11. The minimum absolute atomic E-state index is 0.000431. The van der Waals surface area contributed by atoms with Crippen molar-refractivity contribution >= 4 is 43.9 Å². The van der Waals surface area contributed by atoms with E-state index < -0.39 is 21.5 Å². The van der Waals surface area contributed by atoms with Crippen LogP contribution in [-0.4, -0.2) is 41.4 Å². The summed E-state index contributed by atoms with van der Waals surface area (Å²) in [5.74, 6) is -0.877. The van der Waals surface area contributed by atoms with Crippen LogP contribution in [0.2, 0.25) is 0 Å². The molecule has 0 saturated carbocycles. The predicted octanol–water partition coefficient (Wildman–Crippen LogP) is 4.85. The molecule has 0 saturated heterocycles. The van der Waals surface area contributed by atoms with Crippen LogP contribution < -0.4 is 10.0 Å². The Bertz CT molecular complexity index is 1560. The lowest BCUT2D eigenvalue weighted by molar-refractivity contribution is -0.121. The normalized spacial score (nSPS) is 12.6. The van der Waals surface area contributed by atoms with Crippen molar-refractivity contribution in [3.05, 3.63) is 90.0 Å². The van der Waals surface area contributed by atoms with Gasteiger partial charge in [0, 0.05) is 16.5 Å². The molecule has 1 amide bonds. The van der Waals surface area contributed by atoms with E-state index in [1.165, 1.54) is 13.8 Å². The van der Waals surface area contributed by atoms with Gasteiger partial charge in [0.25, 0.3) is 0 Å². The number of hydrogen-bond donors (Lipinski definition) is 3. The molecule has 0 radical (unpaired) electrons. The summed E-state index contributed by atoms with van der Waals surface area (Å²) in [6.45, 7) is 4.74. The van der Waals surface area contributed by atoms with Crippen LogP contribution in [0.15, 0.2) is 83.9 Å². The van der Waals surface area contributed by atoms with E-state index >= 15 is 0 Å². The Morgan fingerprint density at radius 2 is 1.62 bits per heavy atom. The topological polar surface area (TPSA) is 129 Å². The van der Waals surface area contributed by atoms with Gasteiger partial charge in [-0.25, -0.2) is 13.4 Å². The molecule has 4 N–H and O–H groups in total. The Morgan fingerprint density at radius 3 is 2.24 bits per heavy atom. The van der Waals surface area contributed by atoms with Crippen LogP contribution in [0.3, 0.4) is 0 Å². The Morgan fingerprint density at radius 1 is 1.00 bits per heavy atom. The molecule has 0 fully saturated rings. The zero-order valence-electron chi connectivity index (χ0n) is 21.0. The molecule has 8 nitrogen and oxygen atoms in total. The summed E-state index contributed by atoms with van der Waals surface area (Å²) in [5, 5.41) is 11.6. The van der Waals surface area contributed by atoms with E-state index in [2.05, 4.69) is 4.98 Å². The first-order valence-electron chi connectivity index (χ1n) is 11.9. The van der Waals surface area contributed by atoms with Gasteiger partial charge in [-0.05, 0) is 50.6 Å².